The molecule has 0 aliphatic carbocycles. The quantitative estimate of drug-likeness (QED) is 0.519. The topological polar surface area (TPSA) is 65.1 Å². The van der Waals surface area contributed by atoms with E-state index in [0.717, 1.165) is 5.69 Å². The minimum absolute atomic E-state index is 0.126. The molecule has 130 valence electrons. The summed E-state index contributed by atoms with van der Waals surface area (Å²) < 4.78 is 17.2. The second kappa shape index (κ2) is 6.72. The number of nitrogens with zero attached hydrogens (tertiary/aromatic N) is 5. The van der Waals surface area contributed by atoms with Crippen LogP contribution in [0.3, 0.4) is 0 Å². The number of rotatable bonds is 4. The molecule has 26 heavy (non-hydrogen) atoms. The number of hydrogen-bond donors (Lipinski definition) is 0. The molecular formula is C18H14FN5OS. The largest absolute Gasteiger partial charge is 0.274 e. The lowest BCUT2D eigenvalue weighted by Gasteiger charge is -2.08. The lowest BCUT2D eigenvalue weighted by atomic mass is 10.3. The summed E-state index contributed by atoms with van der Waals surface area (Å²) in [6.07, 6.45) is 1.47. The Morgan fingerprint density at radius 2 is 2.00 bits per heavy atom. The minimum atomic E-state index is -0.355. The molecule has 3 heterocycles. The van der Waals surface area contributed by atoms with Crippen LogP contribution in [0.2, 0.25) is 0 Å². The zero-order valence-electron chi connectivity index (χ0n) is 13.8. The van der Waals surface area contributed by atoms with E-state index in [2.05, 4.69) is 15.2 Å². The van der Waals surface area contributed by atoms with Crippen molar-refractivity contribution in [2.45, 2.75) is 17.8 Å². The van der Waals surface area contributed by atoms with Gasteiger partial charge in [0.25, 0.3) is 5.56 Å². The molecule has 0 N–H and O–H groups in total. The van der Waals surface area contributed by atoms with E-state index < -0.39 is 0 Å². The molecule has 0 bridgehead atoms. The Morgan fingerprint density at radius 1 is 1.15 bits per heavy atom. The van der Waals surface area contributed by atoms with E-state index in [9.17, 15) is 9.18 Å². The molecule has 6 nitrogen and oxygen atoms in total. The molecule has 0 atom stereocenters. The van der Waals surface area contributed by atoms with E-state index in [1.807, 2.05) is 19.1 Å². The maximum atomic E-state index is 14.0. The third kappa shape index (κ3) is 2.99. The van der Waals surface area contributed by atoms with Gasteiger partial charge in [-0.3, -0.25) is 13.8 Å². The van der Waals surface area contributed by atoms with Crippen molar-refractivity contribution >= 4 is 17.4 Å². The van der Waals surface area contributed by atoms with Crippen LogP contribution in [0.5, 0.6) is 0 Å². The van der Waals surface area contributed by atoms with Crippen LogP contribution in [0.15, 0.2) is 64.8 Å². The fraction of sp³-hybridized carbons (Fsp3) is 0.111. The van der Waals surface area contributed by atoms with Gasteiger partial charge in [0.05, 0.1) is 11.4 Å². The Hall–Kier alpha value is -3.00. The van der Waals surface area contributed by atoms with E-state index in [1.54, 1.807) is 33.2 Å². The zero-order chi connectivity index (χ0) is 18.1. The second-order valence-electron chi connectivity index (χ2n) is 5.67. The molecule has 0 saturated carbocycles. The average Bonchev–Trinajstić information content (AvgIpc) is 3.08. The van der Waals surface area contributed by atoms with Crippen LogP contribution in [-0.4, -0.2) is 24.1 Å². The van der Waals surface area contributed by atoms with Crippen LogP contribution in [0.25, 0.3) is 11.3 Å². The first-order valence-corrected chi connectivity index (χ1v) is 8.88. The first kappa shape index (κ1) is 16.5. The van der Waals surface area contributed by atoms with Crippen molar-refractivity contribution in [1.82, 2.24) is 24.1 Å². The van der Waals surface area contributed by atoms with Gasteiger partial charge in [-0.1, -0.05) is 30.0 Å². The molecule has 4 aromatic rings. The minimum Gasteiger partial charge on any atom is -0.274 e. The summed E-state index contributed by atoms with van der Waals surface area (Å²) in [5.41, 5.74) is 2.32. The molecule has 1 aromatic carbocycles. The number of fused-ring (bicyclic) bond motifs is 1. The fourth-order valence-corrected chi connectivity index (χ4v) is 3.53. The third-order valence-electron chi connectivity index (χ3n) is 3.91. The molecular weight excluding hydrogens is 353 g/mol. The summed E-state index contributed by atoms with van der Waals surface area (Å²) >= 11 is 1.34. The van der Waals surface area contributed by atoms with Crippen molar-refractivity contribution in [3.63, 3.8) is 0 Å². The number of pyridine rings is 1. The lowest BCUT2D eigenvalue weighted by molar-refractivity contribution is 0.613. The van der Waals surface area contributed by atoms with Gasteiger partial charge in [0.2, 0.25) is 0 Å². The average molecular weight is 367 g/mol. The van der Waals surface area contributed by atoms with Gasteiger partial charge in [-0.15, -0.1) is 10.2 Å². The van der Waals surface area contributed by atoms with Crippen molar-refractivity contribution in [3.05, 3.63) is 82.4 Å². The van der Waals surface area contributed by atoms with E-state index in [-0.39, 0.29) is 11.4 Å². The number of para-hydroxylation sites is 1. The van der Waals surface area contributed by atoms with E-state index in [0.29, 0.717) is 27.9 Å². The SMILES string of the molecule is Cc1cccc2nc(CSc3nncn3-c3ccccc3F)cc(=O)n12. The lowest BCUT2D eigenvalue weighted by Crippen LogP contribution is -2.17. The highest BCUT2D eigenvalue weighted by Crippen LogP contribution is 2.23. The van der Waals surface area contributed by atoms with Crippen molar-refractivity contribution in [2.75, 3.05) is 0 Å². The van der Waals surface area contributed by atoms with Crippen LogP contribution in [0.4, 0.5) is 4.39 Å². The third-order valence-corrected chi connectivity index (χ3v) is 4.89. The predicted molar refractivity (Wildman–Crippen MR) is 97.1 cm³/mol. The summed E-state index contributed by atoms with van der Waals surface area (Å²) in [6, 6.07) is 13.5. The van der Waals surface area contributed by atoms with Gasteiger partial charge in [0, 0.05) is 17.5 Å². The van der Waals surface area contributed by atoms with Crippen LogP contribution in [0.1, 0.15) is 11.4 Å². The first-order chi connectivity index (χ1) is 12.6. The molecule has 0 fully saturated rings. The Bertz CT molecular complexity index is 1150. The Balaban J connectivity index is 1.63. The summed E-state index contributed by atoms with van der Waals surface area (Å²) in [5.74, 6) is 0.0685. The number of aryl methyl sites for hydroxylation is 1. The summed E-state index contributed by atoms with van der Waals surface area (Å²) in [4.78, 5) is 16.9. The number of thioether (sulfide) groups is 1. The van der Waals surface area contributed by atoms with Crippen molar-refractivity contribution in [3.8, 4) is 5.69 Å². The van der Waals surface area contributed by atoms with Gasteiger partial charge >= 0.3 is 0 Å². The monoisotopic (exact) mass is 367 g/mol. The van der Waals surface area contributed by atoms with E-state index in [4.69, 9.17) is 0 Å². The number of hydrogen-bond acceptors (Lipinski definition) is 5. The molecule has 4 rings (SSSR count). The second-order valence-corrected chi connectivity index (χ2v) is 6.61. The van der Waals surface area contributed by atoms with Crippen molar-refractivity contribution < 1.29 is 4.39 Å². The molecule has 0 aliphatic heterocycles. The molecule has 3 aromatic heterocycles. The van der Waals surface area contributed by atoms with Crippen LogP contribution >= 0.6 is 11.8 Å². The standard InChI is InChI=1S/C18H14FN5OS/c1-12-5-4-8-16-21-13(9-17(25)24(12)16)10-26-18-22-20-11-23(18)15-7-3-2-6-14(15)19/h2-9,11H,10H2,1H3. The van der Waals surface area contributed by atoms with Gasteiger partial charge in [-0.05, 0) is 31.2 Å². The summed E-state index contributed by atoms with van der Waals surface area (Å²) in [6.45, 7) is 1.86. The van der Waals surface area contributed by atoms with Crippen molar-refractivity contribution in [2.24, 2.45) is 0 Å². The zero-order valence-corrected chi connectivity index (χ0v) is 14.7. The van der Waals surface area contributed by atoms with Crippen LogP contribution in [0, 0.1) is 12.7 Å². The highest BCUT2D eigenvalue weighted by molar-refractivity contribution is 7.98. The van der Waals surface area contributed by atoms with Gasteiger partial charge in [-0.25, -0.2) is 9.37 Å². The summed E-state index contributed by atoms with van der Waals surface area (Å²) in [7, 11) is 0. The predicted octanol–water partition coefficient (Wildman–Crippen LogP) is 3.02. The highest BCUT2D eigenvalue weighted by Gasteiger charge is 2.12. The molecule has 0 radical (unpaired) electrons. The molecule has 8 heteroatoms. The number of benzene rings is 1. The molecule has 0 saturated heterocycles. The molecule has 0 unspecified atom stereocenters. The first-order valence-electron chi connectivity index (χ1n) is 7.89. The number of halogens is 1. The van der Waals surface area contributed by atoms with Gasteiger partial charge in [-0.2, -0.15) is 0 Å². The maximum absolute atomic E-state index is 14.0. The van der Waals surface area contributed by atoms with E-state index >= 15 is 0 Å². The maximum Gasteiger partial charge on any atom is 0.258 e. The fourth-order valence-electron chi connectivity index (χ4n) is 2.71. The van der Waals surface area contributed by atoms with Gasteiger partial charge < -0.3 is 0 Å². The van der Waals surface area contributed by atoms with Crippen LogP contribution < -0.4 is 5.56 Å². The Morgan fingerprint density at radius 3 is 2.85 bits per heavy atom. The van der Waals surface area contributed by atoms with E-state index in [1.165, 1.54) is 30.2 Å². The normalized spacial score (nSPS) is 11.2. The summed E-state index contributed by atoms with van der Waals surface area (Å²) in [5, 5.41) is 8.44. The van der Waals surface area contributed by atoms with Gasteiger partial charge in [0.1, 0.15) is 17.8 Å². The smallest absolute Gasteiger partial charge is 0.258 e. The Labute approximate surface area is 152 Å². The number of aromatic nitrogens is 5. The van der Waals surface area contributed by atoms with Gasteiger partial charge in [0.15, 0.2) is 5.16 Å². The molecule has 0 aliphatic rings. The van der Waals surface area contributed by atoms with Crippen molar-refractivity contribution in [1.29, 1.82) is 0 Å². The molecule has 0 amide bonds. The van der Waals surface area contributed by atoms with Crippen LogP contribution in [-0.2, 0) is 5.75 Å². The molecule has 0 spiro atoms. The Kier molecular flexibility index (Phi) is 4.26. The highest BCUT2D eigenvalue weighted by atomic mass is 32.2.